The number of esters is 1. The number of hydrogen-bond acceptors (Lipinski definition) is 5. The number of aliphatic hydroxyl groups is 2. The highest BCUT2D eigenvalue weighted by Gasteiger charge is 2.28. The Morgan fingerprint density at radius 3 is 2.28 bits per heavy atom. The van der Waals surface area contributed by atoms with Gasteiger partial charge in [-0.1, -0.05) is 0 Å². The Bertz CT molecular complexity index is 489. The summed E-state index contributed by atoms with van der Waals surface area (Å²) in [5, 5.41) is 27.3. The number of ether oxygens (including phenoxy) is 1. The number of aliphatic hydroxyl groups excluding tert-OH is 2. The lowest BCUT2D eigenvalue weighted by atomic mass is 10.0. The molecule has 0 radical (unpaired) electrons. The summed E-state index contributed by atoms with van der Waals surface area (Å²) in [4.78, 5) is 10.9. The van der Waals surface area contributed by atoms with Crippen molar-refractivity contribution < 1.29 is 28.5 Å². The minimum atomic E-state index is -1.97. The van der Waals surface area contributed by atoms with E-state index in [1.165, 1.54) is 6.07 Å². The molecule has 0 heterocycles. The fraction of sp³-hybridized carbons (Fsp3) is 0.273. The summed E-state index contributed by atoms with van der Waals surface area (Å²) in [5.74, 6) is -3.53. The third-order valence-corrected chi connectivity index (χ3v) is 2.26. The predicted molar refractivity (Wildman–Crippen MR) is 54.1 cm³/mol. The number of nitrogens with zero attached hydrogens (tertiary/aromatic N) is 1. The molecule has 1 aromatic carbocycles. The first kappa shape index (κ1) is 14.0. The van der Waals surface area contributed by atoms with E-state index in [4.69, 9.17) is 5.26 Å². The summed E-state index contributed by atoms with van der Waals surface area (Å²) in [6, 6.07) is 2.64. The standard InChI is InChI=1S/C11H9F2NO4/c1-18-11(17)10(16)9(15)5-2-7(12)6(4-14)8(13)3-5/h2-3,9-10,15-16H,1H3. The number of methoxy groups -OCH3 is 1. The second kappa shape index (κ2) is 5.53. The topological polar surface area (TPSA) is 90.6 Å². The molecule has 0 amide bonds. The van der Waals surface area contributed by atoms with Crippen LogP contribution in [-0.2, 0) is 9.53 Å². The molecule has 1 aromatic rings. The first-order valence-electron chi connectivity index (χ1n) is 4.75. The van der Waals surface area contributed by atoms with Crippen molar-refractivity contribution in [2.24, 2.45) is 0 Å². The maximum atomic E-state index is 13.2. The van der Waals surface area contributed by atoms with Crippen LogP contribution in [0.15, 0.2) is 12.1 Å². The molecular weight excluding hydrogens is 248 g/mol. The third-order valence-electron chi connectivity index (χ3n) is 2.26. The molecule has 2 N–H and O–H groups in total. The van der Waals surface area contributed by atoms with Crippen molar-refractivity contribution in [3.8, 4) is 6.07 Å². The van der Waals surface area contributed by atoms with E-state index in [1.807, 2.05) is 0 Å². The molecule has 0 fully saturated rings. The number of benzene rings is 1. The average Bonchev–Trinajstić information content (AvgIpc) is 2.35. The van der Waals surface area contributed by atoms with Crippen molar-refractivity contribution in [1.82, 2.24) is 0 Å². The minimum Gasteiger partial charge on any atom is -0.467 e. The number of halogens is 2. The molecule has 2 unspecified atom stereocenters. The zero-order chi connectivity index (χ0) is 13.9. The summed E-state index contributed by atoms with van der Waals surface area (Å²) in [6.45, 7) is 0. The van der Waals surface area contributed by atoms with Gasteiger partial charge in [0, 0.05) is 0 Å². The van der Waals surface area contributed by atoms with Gasteiger partial charge in [0.15, 0.2) is 6.10 Å². The summed E-state index contributed by atoms with van der Waals surface area (Å²) in [6.07, 6.45) is -3.82. The zero-order valence-corrected chi connectivity index (χ0v) is 9.22. The van der Waals surface area contributed by atoms with E-state index in [-0.39, 0.29) is 5.56 Å². The number of carbonyl (C=O) groups excluding carboxylic acids is 1. The first-order chi connectivity index (χ1) is 8.42. The largest absolute Gasteiger partial charge is 0.467 e. The van der Waals surface area contributed by atoms with Gasteiger partial charge in [-0.2, -0.15) is 5.26 Å². The molecule has 0 aromatic heterocycles. The second-order valence-electron chi connectivity index (χ2n) is 3.38. The molecule has 0 saturated carbocycles. The van der Waals surface area contributed by atoms with Crippen LogP contribution in [-0.4, -0.2) is 29.4 Å². The van der Waals surface area contributed by atoms with Crippen molar-refractivity contribution >= 4 is 5.97 Å². The number of hydrogen-bond donors (Lipinski definition) is 2. The van der Waals surface area contributed by atoms with Crippen molar-refractivity contribution in [3.05, 3.63) is 34.9 Å². The summed E-state index contributed by atoms with van der Waals surface area (Å²) >= 11 is 0. The fourth-order valence-corrected chi connectivity index (χ4v) is 1.30. The van der Waals surface area contributed by atoms with E-state index in [9.17, 15) is 23.8 Å². The molecule has 0 aliphatic carbocycles. The van der Waals surface area contributed by atoms with E-state index >= 15 is 0 Å². The Kier molecular flexibility index (Phi) is 4.31. The van der Waals surface area contributed by atoms with Gasteiger partial charge in [-0.25, -0.2) is 13.6 Å². The molecule has 7 heteroatoms. The van der Waals surface area contributed by atoms with E-state index in [0.717, 1.165) is 7.11 Å². The zero-order valence-electron chi connectivity index (χ0n) is 9.22. The van der Waals surface area contributed by atoms with Crippen LogP contribution in [0.25, 0.3) is 0 Å². The first-order valence-corrected chi connectivity index (χ1v) is 4.75. The van der Waals surface area contributed by atoms with Crippen LogP contribution < -0.4 is 0 Å². The fourth-order valence-electron chi connectivity index (χ4n) is 1.30. The van der Waals surface area contributed by atoms with Gasteiger partial charge in [-0.15, -0.1) is 0 Å². The highest BCUT2D eigenvalue weighted by atomic mass is 19.1. The van der Waals surface area contributed by atoms with E-state index < -0.39 is 35.4 Å². The van der Waals surface area contributed by atoms with Gasteiger partial charge in [0.1, 0.15) is 29.4 Å². The second-order valence-corrected chi connectivity index (χ2v) is 3.38. The number of rotatable bonds is 3. The maximum absolute atomic E-state index is 13.2. The number of nitriles is 1. The van der Waals surface area contributed by atoms with Crippen LogP contribution >= 0.6 is 0 Å². The Balaban J connectivity index is 3.12. The molecule has 0 spiro atoms. The smallest absolute Gasteiger partial charge is 0.337 e. The van der Waals surface area contributed by atoms with Crippen LogP contribution in [0.2, 0.25) is 0 Å². The monoisotopic (exact) mass is 257 g/mol. The molecule has 5 nitrogen and oxygen atoms in total. The maximum Gasteiger partial charge on any atom is 0.337 e. The highest BCUT2D eigenvalue weighted by Crippen LogP contribution is 2.22. The van der Waals surface area contributed by atoms with Gasteiger partial charge >= 0.3 is 5.97 Å². The van der Waals surface area contributed by atoms with Gasteiger partial charge < -0.3 is 14.9 Å². The minimum absolute atomic E-state index is 0.373. The van der Waals surface area contributed by atoms with Crippen LogP contribution in [0, 0.1) is 23.0 Å². The lowest BCUT2D eigenvalue weighted by molar-refractivity contribution is -0.156. The molecule has 0 saturated heterocycles. The van der Waals surface area contributed by atoms with Crippen molar-refractivity contribution in [3.63, 3.8) is 0 Å². The molecule has 2 atom stereocenters. The van der Waals surface area contributed by atoms with E-state index in [0.29, 0.717) is 12.1 Å². The average molecular weight is 257 g/mol. The lowest BCUT2D eigenvalue weighted by Gasteiger charge is -2.16. The Hall–Kier alpha value is -2.04. The SMILES string of the molecule is COC(=O)C(O)C(O)c1cc(F)c(C#N)c(F)c1. The van der Waals surface area contributed by atoms with Gasteiger partial charge in [0.25, 0.3) is 0 Å². The third kappa shape index (κ3) is 2.61. The van der Waals surface area contributed by atoms with Crippen LogP contribution in [0.3, 0.4) is 0 Å². The molecule has 1 rings (SSSR count). The Morgan fingerprint density at radius 1 is 1.39 bits per heavy atom. The van der Waals surface area contributed by atoms with Gasteiger partial charge in [0.2, 0.25) is 0 Å². The molecule has 0 aliphatic heterocycles. The molecule has 18 heavy (non-hydrogen) atoms. The van der Waals surface area contributed by atoms with E-state index in [2.05, 4.69) is 4.74 Å². The summed E-state index contributed by atoms with van der Waals surface area (Å²) in [7, 11) is 0.984. The van der Waals surface area contributed by atoms with Crippen molar-refractivity contribution in [2.75, 3.05) is 7.11 Å². The summed E-state index contributed by atoms with van der Waals surface area (Å²) < 4.78 is 30.7. The van der Waals surface area contributed by atoms with Gasteiger partial charge in [-0.3, -0.25) is 0 Å². The molecular formula is C11H9F2NO4. The summed E-state index contributed by atoms with van der Waals surface area (Å²) in [5.41, 5.74) is -1.18. The normalized spacial score (nSPS) is 13.6. The van der Waals surface area contributed by atoms with Gasteiger partial charge in [-0.05, 0) is 17.7 Å². The molecule has 0 bridgehead atoms. The predicted octanol–water partition coefficient (Wildman–Crippen LogP) is 0.404. The molecule has 96 valence electrons. The Morgan fingerprint density at radius 2 is 1.89 bits per heavy atom. The van der Waals surface area contributed by atoms with Crippen molar-refractivity contribution in [1.29, 1.82) is 5.26 Å². The van der Waals surface area contributed by atoms with Crippen LogP contribution in [0.5, 0.6) is 0 Å². The van der Waals surface area contributed by atoms with Crippen LogP contribution in [0.1, 0.15) is 17.2 Å². The lowest BCUT2D eigenvalue weighted by Crippen LogP contribution is -2.29. The van der Waals surface area contributed by atoms with E-state index in [1.54, 1.807) is 0 Å². The van der Waals surface area contributed by atoms with Crippen LogP contribution in [0.4, 0.5) is 8.78 Å². The van der Waals surface area contributed by atoms with Gasteiger partial charge in [0.05, 0.1) is 7.11 Å². The number of carbonyl (C=O) groups is 1. The quantitative estimate of drug-likeness (QED) is 0.765. The van der Waals surface area contributed by atoms with Crippen molar-refractivity contribution in [2.45, 2.75) is 12.2 Å². The Labute approximate surface area is 101 Å². The molecule has 0 aliphatic rings. The highest BCUT2D eigenvalue weighted by molar-refractivity contribution is 5.75.